The van der Waals surface area contributed by atoms with Crippen LogP contribution in [-0.2, 0) is 46.2 Å². The molecule has 1 aromatic carbocycles. The topological polar surface area (TPSA) is 181 Å². The first-order chi connectivity index (χ1) is 26.6. The Balaban J connectivity index is 1.48. The maximum Gasteiger partial charge on any atom is 0.335 e. The third-order valence-corrected chi connectivity index (χ3v) is 20.5. The molecule has 0 bridgehead atoms. The summed E-state index contributed by atoms with van der Waals surface area (Å²) < 4.78 is 53.3. The number of anilines is 1. The minimum Gasteiger partial charge on any atom is -0.462 e. The number of carbonyl (C=O) groups excluding carboxylic acids is 3. The van der Waals surface area contributed by atoms with Crippen LogP contribution in [0.2, 0.25) is 22.2 Å². The monoisotopic (exact) mass is 815 g/mol. The molecule has 2 fully saturated rings. The summed E-state index contributed by atoms with van der Waals surface area (Å²) in [6, 6.07) is 8.83. The number of hydrogen-bond acceptors (Lipinski definition) is 14. The highest BCUT2D eigenvalue weighted by Crippen LogP contribution is 2.49. The van der Waals surface area contributed by atoms with Crippen LogP contribution >= 0.6 is 0 Å². The zero-order valence-electron chi connectivity index (χ0n) is 34.1. The summed E-state index contributed by atoms with van der Waals surface area (Å²) >= 11 is 0. The van der Waals surface area contributed by atoms with Gasteiger partial charge < -0.3 is 42.0 Å². The molecule has 2 unspecified atom stereocenters. The van der Waals surface area contributed by atoms with Crippen molar-refractivity contribution in [1.29, 1.82) is 0 Å². The van der Waals surface area contributed by atoms with Crippen LogP contribution in [0.4, 0.5) is 5.82 Å². The number of rotatable bonds is 16. The maximum absolute atomic E-state index is 13.1. The molecule has 5 rings (SSSR count). The van der Waals surface area contributed by atoms with Gasteiger partial charge >= 0.3 is 29.1 Å². The van der Waals surface area contributed by atoms with Crippen molar-refractivity contribution in [2.24, 2.45) is 0 Å². The molecule has 0 radical (unpaired) electrons. The van der Waals surface area contributed by atoms with E-state index in [0.717, 1.165) is 0 Å². The van der Waals surface area contributed by atoms with E-state index in [0.29, 0.717) is 16.7 Å². The van der Waals surface area contributed by atoms with Gasteiger partial charge in [-0.1, -0.05) is 73.6 Å². The Labute approximate surface area is 330 Å². The Hall–Kier alpha value is -3.63. The SMILES string of the molecule is CC(=O)OCC(CCOCO[C@H]1C2O[Si](C(C)C)(C(C)C)O[Si](C(C)C)(C(C)C)OC[C@H]2O[C@H]1n1cnc2c(NC(=O)c3ccccc3)ncnc21)OC(C)=O. The normalized spacial score (nSPS) is 22.5. The van der Waals surface area contributed by atoms with Crippen LogP contribution in [0.3, 0.4) is 0 Å². The van der Waals surface area contributed by atoms with Gasteiger partial charge in [-0.3, -0.25) is 19.0 Å². The molecule has 2 aromatic heterocycles. The lowest BCUT2D eigenvalue weighted by Gasteiger charge is -2.51. The molecule has 16 nitrogen and oxygen atoms in total. The second kappa shape index (κ2) is 18.8. The lowest BCUT2D eigenvalue weighted by molar-refractivity contribution is -0.160. The van der Waals surface area contributed by atoms with Gasteiger partial charge in [0.15, 0.2) is 23.2 Å². The molecular weight excluding hydrogens is 759 g/mol. The highest BCUT2D eigenvalue weighted by atomic mass is 28.5. The summed E-state index contributed by atoms with van der Waals surface area (Å²) in [5.41, 5.74) is 1.63. The first-order valence-corrected chi connectivity index (χ1v) is 23.2. The Bertz CT molecular complexity index is 1780. The van der Waals surface area contributed by atoms with Crippen molar-refractivity contribution in [1.82, 2.24) is 19.5 Å². The van der Waals surface area contributed by atoms with Crippen LogP contribution < -0.4 is 5.32 Å². The van der Waals surface area contributed by atoms with Crippen LogP contribution in [0.5, 0.6) is 0 Å². The summed E-state index contributed by atoms with van der Waals surface area (Å²) in [6.45, 7) is 19.9. The highest BCUT2D eigenvalue weighted by molar-refractivity contribution is 6.84. The Kier molecular flexibility index (Phi) is 14.6. The number of nitrogens with one attached hydrogen (secondary N) is 1. The number of benzene rings is 1. The first kappa shape index (κ1) is 43.5. The zero-order chi connectivity index (χ0) is 40.8. The molecule has 56 heavy (non-hydrogen) atoms. The zero-order valence-corrected chi connectivity index (χ0v) is 36.1. The Morgan fingerprint density at radius 3 is 2.21 bits per heavy atom. The molecule has 0 aliphatic carbocycles. The maximum atomic E-state index is 13.1. The van der Waals surface area contributed by atoms with Gasteiger partial charge in [-0.25, -0.2) is 15.0 Å². The van der Waals surface area contributed by atoms with E-state index in [9.17, 15) is 14.4 Å². The molecule has 0 spiro atoms. The van der Waals surface area contributed by atoms with Gasteiger partial charge in [0, 0.05) is 25.8 Å². The molecule has 2 aliphatic rings. The van der Waals surface area contributed by atoms with Crippen molar-refractivity contribution in [2.45, 2.75) is 128 Å². The second-order valence-corrected chi connectivity index (χ2v) is 24.3. The molecule has 5 atom stereocenters. The van der Waals surface area contributed by atoms with E-state index >= 15 is 0 Å². The van der Waals surface area contributed by atoms with Gasteiger partial charge in [-0.05, 0) is 34.3 Å². The molecule has 2 aliphatic heterocycles. The fraction of sp³-hybridized carbons (Fsp3) is 0.632. The molecule has 3 aromatic rings. The molecule has 1 amide bonds. The molecule has 1 N–H and O–H groups in total. The van der Waals surface area contributed by atoms with Crippen molar-refractivity contribution < 1.29 is 51.0 Å². The number of esters is 2. The third kappa shape index (κ3) is 9.55. The molecule has 2 saturated heterocycles. The van der Waals surface area contributed by atoms with Crippen molar-refractivity contribution in [3.63, 3.8) is 0 Å². The smallest absolute Gasteiger partial charge is 0.335 e. The average molecular weight is 816 g/mol. The van der Waals surface area contributed by atoms with Crippen molar-refractivity contribution in [3.8, 4) is 0 Å². The van der Waals surface area contributed by atoms with Gasteiger partial charge in [0.05, 0.1) is 19.5 Å². The standard InChI is InChI=1S/C38H57N5O11Si2/c1-23(2)55(24(3)4)50-19-31-33(53-56(54-55,25(5)6)26(7)8)34(49-22-47-17-16-30(51-28(10)45)18-48-27(9)44)38(52-31)43-21-41-32-35(39-20-40-36(32)43)42-37(46)29-14-12-11-13-15-29/h11-15,20-21,23-26,30-31,33-34,38H,16-19,22H2,1-10H3,(H,39,40,42,46)/t30?,31-,33?,34+,38-/m1/s1. The van der Waals surface area contributed by atoms with Crippen LogP contribution in [-0.4, -0.2) is 106 Å². The molecular formula is C38H57N5O11Si2. The highest BCUT2D eigenvalue weighted by Gasteiger charge is 2.62. The minimum absolute atomic E-state index is 0.0539. The first-order valence-electron chi connectivity index (χ1n) is 19.3. The van der Waals surface area contributed by atoms with Crippen LogP contribution in [0.1, 0.15) is 92.2 Å². The number of ether oxygens (including phenoxy) is 5. The van der Waals surface area contributed by atoms with Crippen molar-refractivity contribution >= 4 is 51.9 Å². The predicted molar refractivity (Wildman–Crippen MR) is 210 cm³/mol. The van der Waals surface area contributed by atoms with Gasteiger partial charge in [0.2, 0.25) is 0 Å². The number of aromatic nitrogens is 4. The largest absolute Gasteiger partial charge is 0.462 e. The fourth-order valence-electron chi connectivity index (χ4n) is 7.44. The average Bonchev–Trinajstić information content (AvgIpc) is 3.71. The molecule has 18 heteroatoms. The van der Waals surface area contributed by atoms with E-state index in [1.165, 1.54) is 20.2 Å². The van der Waals surface area contributed by atoms with Gasteiger partial charge in [0.25, 0.3) is 5.91 Å². The minimum atomic E-state index is -3.09. The van der Waals surface area contributed by atoms with Crippen LogP contribution in [0, 0.1) is 0 Å². The number of amides is 1. The summed E-state index contributed by atoms with van der Waals surface area (Å²) in [4.78, 5) is 49.7. The lowest BCUT2D eigenvalue weighted by Crippen LogP contribution is -2.66. The van der Waals surface area contributed by atoms with E-state index in [-0.39, 0.29) is 66.9 Å². The van der Waals surface area contributed by atoms with Crippen LogP contribution in [0.15, 0.2) is 43.0 Å². The van der Waals surface area contributed by atoms with Crippen molar-refractivity contribution in [2.75, 3.05) is 31.9 Å². The molecule has 4 heterocycles. The Morgan fingerprint density at radius 1 is 0.911 bits per heavy atom. The molecule has 308 valence electrons. The third-order valence-electron chi connectivity index (χ3n) is 10.3. The number of hydrogen-bond donors (Lipinski definition) is 1. The number of fused-ring (bicyclic) bond motifs is 2. The van der Waals surface area contributed by atoms with E-state index in [2.05, 4.69) is 75.7 Å². The second-order valence-electron chi connectivity index (χ2n) is 15.5. The summed E-state index contributed by atoms with van der Waals surface area (Å²) in [6.07, 6.45) is -0.242. The summed E-state index contributed by atoms with van der Waals surface area (Å²) in [5.74, 6) is -1.07. The summed E-state index contributed by atoms with van der Waals surface area (Å²) in [5, 5.41) is 2.86. The van der Waals surface area contributed by atoms with Gasteiger partial charge in [-0.2, -0.15) is 0 Å². The van der Waals surface area contributed by atoms with Crippen molar-refractivity contribution in [3.05, 3.63) is 48.5 Å². The predicted octanol–water partition coefficient (Wildman–Crippen LogP) is 6.18. The number of carbonyl (C=O) groups is 3. The van der Waals surface area contributed by atoms with Gasteiger partial charge in [0.1, 0.15) is 44.1 Å². The lowest BCUT2D eigenvalue weighted by atomic mass is 10.1. The van der Waals surface area contributed by atoms with Gasteiger partial charge in [-0.15, -0.1) is 0 Å². The Morgan fingerprint density at radius 2 is 1.59 bits per heavy atom. The number of nitrogens with zero attached hydrogens (tertiary/aromatic N) is 4. The van der Waals surface area contributed by atoms with E-state index in [4.69, 9.17) is 36.7 Å². The fourth-order valence-corrected chi connectivity index (χ4v) is 18.7. The quantitative estimate of drug-likeness (QED) is 0.0750. The summed E-state index contributed by atoms with van der Waals surface area (Å²) in [7, 11) is -5.97. The van der Waals surface area contributed by atoms with E-state index in [1.54, 1.807) is 35.2 Å². The van der Waals surface area contributed by atoms with E-state index in [1.807, 2.05) is 6.07 Å². The number of imidazole rings is 1. The molecule has 0 saturated carbocycles. The van der Waals surface area contributed by atoms with Crippen LogP contribution in [0.25, 0.3) is 11.2 Å². The van der Waals surface area contributed by atoms with E-state index < -0.39 is 59.7 Å².